The highest BCUT2D eigenvalue weighted by atomic mass is 16.6. The molecular weight excluding hydrogens is 306 g/mol. The van der Waals surface area contributed by atoms with Gasteiger partial charge < -0.3 is 9.88 Å². The quantitative estimate of drug-likeness (QED) is 0.588. The molecule has 0 unspecified atom stereocenters. The number of pyridine rings is 1. The van der Waals surface area contributed by atoms with Gasteiger partial charge in [0.2, 0.25) is 0 Å². The molecule has 3 aromatic rings. The van der Waals surface area contributed by atoms with Crippen LogP contribution in [0.15, 0.2) is 36.5 Å². The molecule has 3 heterocycles. The molecule has 2 aromatic heterocycles. The van der Waals surface area contributed by atoms with Crippen molar-refractivity contribution in [1.29, 1.82) is 0 Å². The van der Waals surface area contributed by atoms with Gasteiger partial charge in [-0.05, 0) is 38.0 Å². The highest BCUT2D eigenvalue weighted by Crippen LogP contribution is 2.35. The molecule has 0 spiro atoms. The third kappa shape index (κ3) is 2.38. The number of aromatic amines is 1. The molecule has 1 aromatic carbocycles. The average molecular weight is 323 g/mol. The van der Waals surface area contributed by atoms with Crippen molar-refractivity contribution in [2.75, 3.05) is 11.4 Å². The summed E-state index contributed by atoms with van der Waals surface area (Å²) in [6, 6.07) is 9.87. The molecule has 1 aliphatic heterocycles. The van der Waals surface area contributed by atoms with Gasteiger partial charge in [0.1, 0.15) is 17.8 Å². The molecule has 0 saturated carbocycles. The van der Waals surface area contributed by atoms with Crippen molar-refractivity contribution in [3.05, 3.63) is 58.0 Å². The number of imidazole rings is 1. The first-order valence-electron chi connectivity index (χ1n) is 7.96. The van der Waals surface area contributed by atoms with E-state index in [0.717, 1.165) is 42.1 Å². The third-order valence-electron chi connectivity index (χ3n) is 4.54. The number of fused-ring (bicyclic) bond motifs is 1. The van der Waals surface area contributed by atoms with Crippen LogP contribution in [0.3, 0.4) is 0 Å². The Balaban J connectivity index is 1.70. The van der Waals surface area contributed by atoms with Crippen LogP contribution < -0.4 is 4.90 Å². The number of aryl methyl sites for hydroxylation is 1. The van der Waals surface area contributed by atoms with Gasteiger partial charge in [0.15, 0.2) is 0 Å². The molecule has 0 radical (unpaired) electrons. The van der Waals surface area contributed by atoms with Crippen LogP contribution >= 0.6 is 0 Å². The average Bonchev–Trinajstić information content (AvgIpc) is 3.20. The van der Waals surface area contributed by atoms with Crippen molar-refractivity contribution in [2.45, 2.75) is 25.8 Å². The summed E-state index contributed by atoms with van der Waals surface area (Å²) in [5, 5.41) is 11.0. The summed E-state index contributed by atoms with van der Waals surface area (Å²) in [6.07, 6.45) is 3.37. The van der Waals surface area contributed by atoms with Gasteiger partial charge in [-0.15, -0.1) is 0 Å². The SMILES string of the molecule is Cc1cc(N2CCC[C@H]2c2nc3ccccc3[nH]2)ncc1[N+](=O)[O-]. The number of rotatable bonds is 3. The smallest absolute Gasteiger partial charge is 0.290 e. The van der Waals surface area contributed by atoms with Crippen molar-refractivity contribution < 1.29 is 4.92 Å². The molecular formula is C17H17N5O2. The molecule has 122 valence electrons. The van der Waals surface area contributed by atoms with Crippen LogP contribution in [0, 0.1) is 17.0 Å². The number of aromatic nitrogens is 3. The molecule has 7 nitrogen and oxygen atoms in total. The standard InChI is InChI=1S/C17H17N5O2/c1-11-9-16(18-10-15(11)22(23)24)21-8-4-7-14(21)17-19-12-5-2-3-6-13(12)20-17/h2-3,5-6,9-10,14H,4,7-8H2,1H3,(H,19,20)/t14-/m0/s1. The maximum Gasteiger partial charge on any atom is 0.290 e. The number of H-pyrrole nitrogens is 1. The molecule has 1 aliphatic rings. The van der Waals surface area contributed by atoms with E-state index in [1.807, 2.05) is 24.3 Å². The Hall–Kier alpha value is -2.96. The topological polar surface area (TPSA) is 88.0 Å². The molecule has 24 heavy (non-hydrogen) atoms. The highest BCUT2D eigenvalue weighted by molar-refractivity contribution is 5.75. The van der Waals surface area contributed by atoms with E-state index in [1.54, 1.807) is 13.0 Å². The number of nitrogens with zero attached hydrogens (tertiary/aromatic N) is 4. The lowest BCUT2D eigenvalue weighted by Gasteiger charge is -2.24. The summed E-state index contributed by atoms with van der Waals surface area (Å²) in [5.41, 5.74) is 2.65. The zero-order valence-electron chi connectivity index (χ0n) is 13.3. The van der Waals surface area contributed by atoms with Crippen molar-refractivity contribution in [3.8, 4) is 0 Å². The Bertz CT molecular complexity index is 887. The number of hydrogen-bond acceptors (Lipinski definition) is 5. The van der Waals surface area contributed by atoms with E-state index < -0.39 is 4.92 Å². The molecule has 7 heteroatoms. The normalized spacial score (nSPS) is 17.5. The Morgan fingerprint density at radius 2 is 2.21 bits per heavy atom. The maximum atomic E-state index is 11.0. The van der Waals surface area contributed by atoms with Crippen molar-refractivity contribution in [3.63, 3.8) is 0 Å². The fourth-order valence-corrected chi connectivity index (χ4v) is 3.34. The number of hydrogen-bond donors (Lipinski definition) is 1. The molecule has 0 aliphatic carbocycles. The minimum absolute atomic E-state index is 0.0539. The minimum Gasteiger partial charge on any atom is -0.346 e. The van der Waals surface area contributed by atoms with Crippen molar-refractivity contribution in [1.82, 2.24) is 15.0 Å². The van der Waals surface area contributed by atoms with E-state index in [2.05, 4.69) is 14.9 Å². The summed E-state index contributed by atoms with van der Waals surface area (Å²) >= 11 is 0. The second kappa shape index (κ2) is 5.59. The predicted octanol–water partition coefficient (Wildman–Crippen LogP) is 3.52. The van der Waals surface area contributed by atoms with Crippen LogP contribution in [0.1, 0.15) is 30.3 Å². The first kappa shape index (κ1) is 14.6. The van der Waals surface area contributed by atoms with Crippen LogP contribution in [-0.4, -0.2) is 26.4 Å². The van der Waals surface area contributed by atoms with E-state index in [9.17, 15) is 10.1 Å². The van der Waals surface area contributed by atoms with Gasteiger partial charge in [0, 0.05) is 12.1 Å². The molecule has 0 amide bonds. The van der Waals surface area contributed by atoms with Gasteiger partial charge >= 0.3 is 0 Å². The maximum absolute atomic E-state index is 11.0. The van der Waals surface area contributed by atoms with Crippen LogP contribution in [0.5, 0.6) is 0 Å². The zero-order chi connectivity index (χ0) is 16.7. The number of para-hydroxylation sites is 2. The monoisotopic (exact) mass is 323 g/mol. The summed E-state index contributed by atoms with van der Waals surface area (Å²) in [7, 11) is 0. The lowest BCUT2D eigenvalue weighted by atomic mass is 10.2. The number of benzene rings is 1. The number of nitro groups is 1. The third-order valence-corrected chi connectivity index (χ3v) is 4.54. The fraction of sp³-hybridized carbons (Fsp3) is 0.294. The Morgan fingerprint density at radius 3 is 2.96 bits per heavy atom. The second-order valence-electron chi connectivity index (χ2n) is 6.08. The molecule has 4 rings (SSSR count). The van der Waals surface area contributed by atoms with Gasteiger partial charge in [-0.25, -0.2) is 9.97 Å². The van der Waals surface area contributed by atoms with Gasteiger partial charge in [0.25, 0.3) is 5.69 Å². The first-order valence-corrected chi connectivity index (χ1v) is 7.96. The summed E-state index contributed by atoms with van der Waals surface area (Å²) < 4.78 is 0. The Morgan fingerprint density at radius 1 is 1.38 bits per heavy atom. The highest BCUT2D eigenvalue weighted by Gasteiger charge is 2.30. The molecule has 1 atom stereocenters. The van der Waals surface area contributed by atoms with Crippen LogP contribution in [0.4, 0.5) is 11.5 Å². The van der Waals surface area contributed by atoms with Gasteiger partial charge in [-0.3, -0.25) is 10.1 Å². The molecule has 1 saturated heterocycles. The number of anilines is 1. The van der Waals surface area contributed by atoms with E-state index in [4.69, 9.17) is 4.98 Å². The first-order chi connectivity index (χ1) is 11.6. The largest absolute Gasteiger partial charge is 0.346 e. The van der Waals surface area contributed by atoms with Crippen LogP contribution in [0.25, 0.3) is 11.0 Å². The van der Waals surface area contributed by atoms with Crippen molar-refractivity contribution >= 4 is 22.5 Å². The second-order valence-corrected chi connectivity index (χ2v) is 6.08. The summed E-state index contributed by atoms with van der Waals surface area (Å²) in [4.78, 5) is 25.2. The van der Waals surface area contributed by atoms with Crippen LogP contribution in [0.2, 0.25) is 0 Å². The lowest BCUT2D eigenvalue weighted by Crippen LogP contribution is -2.24. The van der Waals surface area contributed by atoms with E-state index >= 15 is 0 Å². The molecule has 0 bridgehead atoms. The lowest BCUT2D eigenvalue weighted by molar-refractivity contribution is -0.385. The van der Waals surface area contributed by atoms with Gasteiger partial charge in [0.05, 0.1) is 22.0 Å². The Kier molecular flexibility index (Phi) is 3.41. The summed E-state index contributed by atoms with van der Waals surface area (Å²) in [6.45, 7) is 2.61. The molecule has 1 fully saturated rings. The zero-order valence-corrected chi connectivity index (χ0v) is 13.3. The number of nitrogens with one attached hydrogen (secondary N) is 1. The fourth-order valence-electron chi connectivity index (χ4n) is 3.34. The summed E-state index contributed by atoms with van der Waals surface area (Å²) in [5.74, 6) is 1.69. The van der Waals surface area contributed by atoms with E-state index in [0.29, 0.717) is 5.56 Å². The minimum atomic E-state index is -0.396. The van der Waals surface area contributed by atoms with E-state index in [-0.39, 0.29) is 11.7 Å². The van der Waals surface area contributed by atoms with Gasteiger partial charge in [-0.2, -0.15) is 0 Å². The predicted molar refractivity (Wildman–Crippen MR) is 91.0 cm³/mol. The van der Waals surface area contributed by atoms with Crippen molar-refractivity contribution in [2.24, 2.45) is 0 Å². The Labute approximate surface area is 138 Å². The van der Waals surface area contributed by atoms with Crippen LogP contribution in [-0.2, 0) is 0 Å². The van der Waals surface area contributed by atoms with E-state index in [1.165, 1.54) is 6.20 Å². The molecule has 1 N–H and O–H groups in total. The van der Waals surface area contributed by atoms with Gasteiger partial charge in [-0.1, -0.05) is 12.1 Å².